The van der Waals surface area contributed by atoms with E-state index in [0.29, 0.717) is 18.1 Å². The average Bonchev–Trinajstić information content (AvgIpc) is 2.89. The predicted octanol–water partition coefficient (Wildman–Crippen LogP) is 1.75. The van der Waals surface area contributed by atoms with Crippen LogP contribution in [0.15, 0.2) is 23.2 Å². The van der Waals surface area contributed by atoms with Crippen molar-refractivity contribution in [3.63, 3.8) is 0 Å². The lowest BCUT2D eigenvalue weighted by molar-refractivity contribution is -0.124. The van der Waals surface area contributed by atoms with Crippen LogP contribution in [-0.2, 0) is 4.79 Å². The summed E-state index contributed by atoms with van der Waals surface area (Å²) in [5, 5.41) is 8.54. The maximum atomic E-state index is 13.3. The van der Waals surface area contributed by atoms with Gasteiger partial charge in [0.15, 0.2) is 17.6 Å². The highest BCUT2D eigenvalue weighted by molar-refractivity contribution is 14.0. The minimum atomic E-state index is -0.911. The second-order valence-electron chi connectivity index (χ2n) is 5.50. The fourth-order valence-corrected chi connectivity index (χ4v) is 2.33. The molecule has 1 heterocycles. The Kier molecular flexibility index (Phi) is 8.69. The molecule has 1 unspecified atom stereocenters. The molecule has 1 aliphatic rings. The normalized spacial score (nSPS) is 15.4. The summed E-state index contributed by atoms with van der Waals surface area (Å²) < 4.78 is 26.4. The van der Waals surface area contributed by atoms with Crippen molar-refractivity contribution in [2.45, 2.75) is 19.9 Å². The number of aliphatic imine (C=N–C) groups is 1. The summed E-state index contributed by atoms with van der Waals surface area (Å²) in [7, 11) is 0. The van der Waals surface area contributed by atoms with Crippen LogP contribution in [-0.4, -0.2) is 49.0 Å². The van der Waals surface area contributed by atoms with Gasteiger partial charge in [0.1, 0.15) is 0 Å². The van der Waals surface area contributed by atoms with Gasteiger partial charge < -0.3 is 16.0 Å². The van der Waals surface area contributed by atoms with E-state index in [1.807, 2.05) is 6.92 Å². The van der Waals surface area contributed by atoms with Crippen LogP contribution in [0.4, 0.5) is 13.6 Å². The molecule has 0 aromatic heterocycles. The molecule has 3 N–H and O–H groups in total. The van der Waals surface area contributed by atoms with E-state index in [0.717, 1.165) is 17.0 Å². The number of guanidine groups is 1. The van der Waals surface area contributed by atoms with Crippen LogP contribution in [0.5, 0.6) is 0 Å². The second kappa shape index (κ2) is 10.2. The minimum Gasteiger partial charge on any atom is -0.357 e. The molecule has 3 amide bonds. The standard InChI is InChI=1S/C16H21F2N5O2.HI/c1-3-19-15(20-6-7-23-14(24)9-21-16(23)25)22-10(2)11-4-5-12(17)13(18)8-11;/h4-5,8,10H,3,6-7,9H2,1-2H3,(H,21,25)(H2,19,20,22);1H. The molecule has 7 nitrogen and oxygen atoms in total. The molecule has 144 valence electrons. The molecule has 1 atom stereocenters. The number of hydrogen-bond donors (Lipinski definition) is 3. The van der Waals surface area contributed by atoms with E-state index in [2.05, 4.69) is 20.9 Å². The molecule has 1 aromatic rings. The van der Waals surface area contributed by atoms with Crippen LogP contribution >= 0.6 is 24.0 Å². The lowest BCUT2D eigenvalue weighted by Gasteiger charge is -2.19. The van der Waals surface area contributed by atoms with Crippen molar-refractivity contribution in [3.8, 4) is 0 Å². The molecule has 0 radical (unpaired) electrons. The summed E-state index contributed by atoms with van der Waals surface area (Å²) in [6.45, 7) is 4.67. The van der Waals surface area contributed by atoms with Crippen molar-refractivity contribution in [2.24, 2.45) is 4.99 Å². The number of carbonyl (C=O) groups is 2. The lowest BCUT2D eigenvalue weighted by atomic mass is 10.1. The van der Waals surface area contributed by atoms with E-state index in [4.69, 9.17) is 0 Å². The van der Waals surface area contributed by atoms with Gasteiger partial charge in [-0.15, -0.1) is 24.0 Å². The third-order valence-electron chi connectivity index (χ3n) is 3.67. The van der Waals surface area contributed by atoms with Gasteiger partial charge in [0.05, 0.1) is 25.7 Å². The van der Waals surface area contributed by atoms with E-state index in [-0.39, 0.29) is 55.6 Å². The highest BCUT2D eigenvalue weighted by atomic mass is 127. The number of carbonyl (C=O) groups excluding carboxylic acids is 2. The molecule has 0 spiro atoms. The first-order chi connectivity index (χ1) is 11.9. The molecular formula is C16H22F2IN5O2. The number of nitrogens with zero attached hydrogens (tertiary/aromatic N) is 2. The Balaban J connectivity index is 0.00000338. The number of hydrogen-bond acceptors (Lipinski definition) is 3. The Morgan fingerprint density at radius 3 is 2.65 bits per heavy atom. The first kappa shape index (κ1) is 22.1. The van der Waals surface area contributed by atoms with Crippen LogP contribution in [0.1, 0.15) is 25.5 Å². The zero-order valence-electron chi connectivity index (χ0n) is 14.5. The molecule has 0 bridgehead atoms. The van der Waals surface area contributed by atoms with Gasteiger partial charge in [0, 0.05) is 6.54 Å². The topological polar surface area (TPSA) is 85.8 Å². The zero-order chi connectivity index (χ0) is 18.4. The molecule has 0 aliphatic carbocycles. The largest absolute Gasteiger partial charge is 0.357 e. The lowest BCUT2D eigenvalue weighted by Crippen LogP contribution is -2.40. The van der Waals surface area contributed by atoms with Crippen LogP contribution in [0.2, 0.25) is 0 Å². The SMILES string of the molecule is CCNC(=NCCN1C(=O)CNC1=O)NC(C)c1ccc(F)c(F)c1.I. The number of amides is 3. The van der Waals surface area contributed by atoms with E-state index in [1.54, 1.807) is 6.92 Å². The molecule has 2 rings (SSSR count). The Morgan fingerprint density at radius 2 is 2.08 bits per heavy atom. The molecule has 1 fully saturated rings. The summed E-state index contributed by atoms with van der Waals surface area (Å²) in [6, 6.07) is 2.96. The van der Waals surface area contributed by atoms with Gasteiger partial charge in [-0.1, -0.05) is 6.07 Å². The summed E-state index contributed by atoms with van der Waals surface area (Å²) in [4.78, 5) is 28.4. The number of halogens is 3. The molecule has 0 saturated carbocycles. The molecule has 26 heavy (non-hydrogen) atoms. The predicted molar refractivity (Wildman–Crippen MR) is 104 cm³/mol. The fraction of sp³-hybridized carbons (Fsp3) is 0.438. The smallest absolute Gasteiger partial charge is 0.324 e. The summed E-state index contributed by atoms with van der Waals surface area (Å²) in [5.41, 5.74) is 0.568. The highest BCUT2D eigenvalue weighted by Gasteiger charge is 2.27. The summed E-state index contributed by atoms with van der Waals surface area (Å²) >= 11 is 0. The second-order valence-corrected chi connectivity index (χ2v) is 5.50. The van der Waals surface area contributed by atoms with E-state index >= 15 is 0 Å². The number of benzene rings is 1. The zero-order valence-corrected chi connectivity index (χ0v) is 16.8. The van der Waals surface area contributed by atoms with Gasteiger partial charge in [0.25, 0.3) is 0 Å². The van der Waals surface area contributed by atoms with Gasteiger partial charge in [-0.3, -0.25) is 14.7 Å². The quantitative estimate of drug-likeness (QED) is 0.250. The first-order valence-electron chi connectivity index (χ1n) is 8.00. The number of urea groups is 1. The third kappa shape index (κ3) is 5.78. The van der Waals surface area contributed by atoms with E-state index in [1.165, 1.54) is 6.07 Å². The highest BCUT2D eigenvalue weighted by Crippen LogP contribution is 2.15. The Hall–Kier alpha value is -1.98. The van der Waals surface area contributed by atoms with Crippen molar-refractivity contribution < 1.29 is 18.4 Å². The van der Waals surface area contributed by atoms with Gasteiger partial charge in [-0.05, 0) is 31.5 Å². The van der Waals surface area contributed by atoms with Crippen molar-refractivity contribution in [1.29, 1.82) is 0 Å². The average molecular weight is 481 g/mol. The minimum absolute atomic E-state index is 0. The van der Waals surface area contributed by atoms with Crippen molar-refractivity contribution in [1.82, 2.24) is 20.9 Å². The van der Waals surface area contributed by atoms with Crippen molar-refractivity contribution in [2.75, 3.05) is 26.2 Å². The Labute approximate surface area is 167 Å². The van der Waals surface area contributed by atoms with Crippen LogP contribution in [0, 0.1) is 11.6 Å². The van der Waals surface area contributed by atoms with Gasteiger partial charge in [-0.2, -0.15) is 0 Å². The fourth-order valence-electron chi connectivity index (χ4n) is 2.33. The summed E-state index contributed by atoms with van der Waals surface area (Å²) in [5.74, 6) is -1.64. The molecular weight excluding hydrogens is 459 g/mol. The number of nitrogens with one attached hydrogen (secondary N) is 3. The Bertz CT molecular complexity index is 671. The molecule has 1 saturated heterocycles. The van der Waals surface area contributed by atoms with Gasteiger partial charge in [-0.25, -0.2) is 13.6 Å². The van der Waals surface area contributed by atoms with Gasteiger partial charge >= 0.3 is 6.03 Å². The van der Waals surface area contributed by atoms with Crippen molar-refractivity contribution in [3.05, 3.63) is 35.4 Å². The Morgan fingerprint density at radius 1 is 1.35 bits per heavy atom. The van der Waals surface area contributed by atoms with Crippen molar-refractivity contribution >= 4 is 41.9 Å². The van der Waals surface area contributed by atoms with Gasteiger partial charge in [0.2, 0.25) is 5.91 Å². The van der Waals surface area contributed by atoms with E-state index in [9.17, 15) is 18.4 Å². The molecule has 10 heteroatoms. The third-order valence-corrected chi connectivity index (χ3v) is 3.67. The summed E-state index contributed by atoms with van der Waals surface area (Å²) in [6.07, 6.45) is 0. The van der Waals surface area contributed by atoms with Crippen LogP contribution in [0.25, 0.3) is 0 Å². The maximum Gasteiger partial charge on any atom is 0.324 e. The van der Waals surface area contributed by atoms with Crippen LogP contribution < -0.4 is 16.0 Å². The molecule has 1 aromatic carbocycles. The number of imide groups is 1. The monoisotopic (exact) mass is 481 g/mol. The molecule has 1 aliphatic heterocycles. The van der Waals surface area contributed by atoms with E-state index < -0.39 is 17.7 Å². The first-order valence-corrected chi connectivity index (χ1v) is 8.00. The number of rotatable bonds is 6. The van der Waals surface area contributed by atoms with Crippen LogP contribution in [0.3, 0.4) is 0 Å². The maximum absolute atomic E-state index is 13.3.